The summed E-state index contributed by atoms with van der Waals surface area (Å²) in [5, 5.41) is 18.1. The van der Waals surface area contributed by atoms with Crippen LogP contribution in [0.2, 0.25) is 0 Å². The standard InChI is InChI=1S/C8H9N3O4S.Na/c1-4(12)9-8-10-5(3-16-8)6(7(13)14)11-15-2;/h3H,1-2H3,(H,13,14)(H,9,10,12);/q;+1/p-1. The van der Waals surface area contributed by atoms with Gasteiger partial charge in [0.25, 0.3) is 0 Å². The van der Waals surface area contributed by atoms with Crippen LogP contribution in [-0.4, -0.2) is 29.7 Å². The molecule has 0 aliphatic heterocycles. The Morgan fingerprint density at radius 3 is 2.71 bits per heavy atom. The first-order valence-electron chi connectivity index (χ1n) is 4.10. The van der Waals surface area contributed by atoms with E-state index in [2.05, 4.69) is 20.3 Å². The Kier molecular flexibility index (Phi) is 6.97. The Labute approximate surface area is 123 Å². The summed E-state index contributed by atoms with van der Waals surface area (Å²) in [6.07, 6.45) is 0. The molecule has 0 bridgehead atoms. The molecule has 0 unspecified atom stereocenters. The van der Waals surface area contributed by atoms with Crippen molar-refractivity contribution in [3.63, 3.8) is 0 Å². The molecule has 0 fully saturated rings. The van der Waals surface area contributed by atoms with Gasteiger partial charge in [-0.3, -0.25) is 4.79 Å². The molecule has 1 amide bonds. The average molecular weight is 265 g/mol. The Morgan fingerprint density at radius 2 is 2.24 bits per heavy atom. The molecule has 1 heterocycles. The molecule has 0 atom stereocenters. The second-order valence-corrected chi connectivity index (χ2v) is 3.49. The molecular weight excluding hydrogens is 257 g/mol. The monoisotopic (exact) mass is 265 g/mol. The van der Waals surface area contributed by atoms with E-state index in [4.69, 9.17) is 0 Å². The zero-order valence-corrected chi connectivity index (χ0v) is 12.3. The predicted molar refractivity (Wildman–Crippen MR) is 55.0 cm³/mol. The molecule has 1 aromatic heterocycles. The number of aromatic nitrogens is 1. The molecule has 0 saturated heterocycles. The molecule has 0 aliphatic rings. The SMILES string of the molecule is CON=C(C(=O)[O-])c1csc(NC(C)=O)n1.[Na+]. The van der Waals surface area contributed by atoms with Crippen molar-refractivity contribution < 1.29 is 49.1 Å². The second kappa shape index (κ2) is 7.38. The molecule has 1 rings (SSSR count). The van der Waals surface area contributed by atoms with Gasteiger partial charge in [0.1, 0.15) is 12.8 Å². The van der Waals surface area contributed by atoms with Crippen LogP contribution in [0.25, 0.3) is 0 Å². The minimum atomic E-state index is -1.50. The molecule has 1 aromatic rings. The molecule has 0 aliphatic carbocycles. The third kappa shape index (κ3) is 4.82. The van der Waals surface area contributed by atoms with E-state index in [1.54, 1.807) is 0 Å². The summed E-state index contributed by atoms with van der Waals surface area (Å²) in [4.78, 5) is 29.6. The van der Waals surface area contributed by atoms with Gasteiger partial charge in [-0.1, -0.05) is 5.16 Å². The van der Waals surface area contributed by atoms with Crippen LogP contribution in [0.3, 0.4) is 0 Å². The van der Waals surface area contributed by atoms with E-state index in [-0.39, 0.29) is 46.3 Å². The first-order chi connectivity index (χ1) is 7.54. The molecule has 1 N–H and O–H groups in total. The van der Waals surface area contributed by atoms with Gasteiger partial charge in [0.05, 0.1) is 5.97 Å². The average Bonchev–Trinajstić information content (AvgIpc) is 2.60. The Bertz CT molecular complexity index is 446. The number of aliphatic carboxylic acids is 1. The van der Waals surface area contributed by atoms with Crippen molar-refractivity contribution >= 4 is 34.1 Å². The molecule has 9 heteroatoms. The number of oxime groups is 1. The zero-order chi connectivity index (χ0) is 12.1. The van der Waals surface area contributed by atoms with Crippen molar-refractivity contribution in [2.24, 2.45) is 5.16 Å². The Morgan fingerprint density at radius 1 is 1.59 bits per heavy atom. The quantitative estimate of drug-likeness (QED) is 0.341. The topological polar surface area (TPSA) is 104 Å². The van der Waals surface area contributed by atoms with E-state index >= 15 is 0 Å². The number of thiazole rings is 1. The third-order valence-electron chi connectivity index (χ3n) is 1.41. The number of amides is 1. The fourth-order valence-corrected chi connectivity index (χ4v) is 1.61. The van der Waals surface area contributed by atoms with Gasteiger partial charge in [-0.05, 0) is 0 Å². The fraction of sp³-hybridized carbons (Fsp3) is 0.250. The van der Waals surface area contributed by atoms with E-state index in [0.717, 1.165) is 11.3 Å². The van der Waals surface area contributed by atoms with E-state index < -0.39 is 11.7 Å². The number of hydrogen-bond donors (Lipinski definition) is 1. The van der Waals surface area contributed by atoms with Crippen LogP contribution in [0.1, 0.15) is 12.6 Å². The summed E-state index contributed by atoms with van der Waals surface area (Å²) in [7, 11) is 1.21. The van der Waals surface area contributed by atoms with Crippen molar-refractivity contribution in [2.75, 3.05) is 12.4 Å². The smallest absolute Gasteiger partial charge is 0.543 e. The first-order valence-corrected chi connectivity index (χ1v) is 4.98. The maximum absolute atomic E-state index is 10.7. The molecule has 0 radical (unpaired) electrons. The second-order valence-electron chi connectivity index (χ2n) is 2.63. The summed E-state index contributed by atoms with van der Waals surface area (Å²) in [5.74, 6) is -1.79. The Balaban J connectivity index is 0.00000256. The molecule has 7 nitrogen and oxygen atoms in total. The number of carbonyl (C=O) groups is 2. The van der Waals surface area contributed by atoms with Crippen LogP contribution in [0.15, 0.2) is 10.5 Å². The van der Waals surface area contributed by atoms with Gasteiger partial charge < -0.3 is 20.1 Å². The molecule has 0 saturated carbocycles. The normalized spacial score (nSPS) is 10.4. The van der Waals surface area contributed by atoms with Crippen molar-refractivity contribution in [3.05, 3.63) is 11.1 Å². The number of rotatable bonds is 4. The van der Waals surface area contributed by atoms with Crippen molar-refractivity contribution in [2.45, 2.75) is 6.92 Å². The number of carboxylic acid groups (broad SMARTS) is 1. The summed E-state index contributed by atoms with van der Waals surface area (Å²) in [6.45, 7) is 1.32. The predicted octanol–water partition coefficient (Wildman–Crippen LogP) is -3.79. The van der Waals surface area contributed by atoms with Crippen LogP contribution < -0.4 is 40.0 Å². The van der Waals surface area contributed by atoms with Gasteiger partial charge in [-0.2, -0.15) is 0 Å². The number of hydrogen-bond acceptors (Lipinski definition) is 7. The maximum Gasteiger partial charge on any atom is 1.00 e. The third-order valence-corrected chi connectivity index (χ3v) is 2.16. The van der Waals surface area contributed by atoms with E-state index in [1.165, 1.54) is 19.4 Å². The number of carbonyl (C=O) groups excluding carboxylic acids is 2. The first kappa shape index (κ1) is 16.0. The van der Waals surface area contributed by atoms with Gasteiger partial charge in [0, 0.05) is 12.3 Å². The van der Waals surface area contributed by atoms with E-state index in [0.29, 0.717) is 0 Å². The van der Waals surface area contributed by atoms with Crippen LogP contribution in [0, 0.1) is 0 Å². The summed E-state index contributed by atoms with van der Waals surface area (Å²) >= 11 is 1.08. The fourth-order valence-electron chi connectivity index (χ4n) is 0.870. The molecule has 0 aromatic carbocycles. The van der Waals surface area contributed by atoms with Crippen LogP contribution in [0.4, 0.5) is 5.13 Å². The molecule has 0 spiro atoms. The number of nitrogens with one attached hydrogen (secondary N) is 1. The number of nitrogens with zero attached hydrogens (tertiary/aromatic N) is 2. The van der Waals surface area contributed by atoms with Crippen molar-refractivity contribution in [1.82, 2.24) is 4.98 Å². The van der Waals surface area contributed by atoms with Crippen molar-refractivity contribution in [1.29, 1.82) is 0 Å². The maximum atomic E-state index is 10.7. The van der Waals surface area contributed by atoms with Gasteiger partial charge in [-0.15, -0.1) is 11.3 Å². The molecular formula is C8H8N3NaO4S. The minimum Gasteiger partial charge on any atom is -0.543 e. The van der Waals surface area contributed by atoms with E-state index in [9.17, 15) is 14.7 Å². The van der Waals surface area contributed by atoms with Gasteiger partial charge >= 0.3 is 29.6 Å². The summed E-state index contributed by atoms with van der Waals surface area (Å²) in [6, 6.07) is 0. The number of carboxylic acids is 1. The minimum absolute atomic E-state index is 0. The summed E-state index contributed by atoms with van der Waals surface area (Å²) < 4.78 is 0. The van der Waals surface area contributed by atoms with Gasteiger partial charge in [0.2, 0.25) is 5.91 Å². The van der Waals surface area contributed by atoms with E-state index in [1.807, 2.05) is 0 Å². The number of anilines is 1. The van der Waals surface area contributed by atoms with Crippen LogP contribution in [0.5, 0.6) is 0 Å². The van der Waals surface area contributed by atoms with Gasteiger partial charge in [-0.25, -0.2) is 4.98 Å². The largest absolute Gasteiger partial charge is 1.00 e. The molecule has 17 heavy (non-hydrogen) atoms. The van der Waals surface area contributed by atoms with Crippen LogP contribution >= 0.6 is 11.3 Å². The zero-order valence-electron chi connectivity index (χ0n) is 9.51. The summed E-state index contributed by atoms with van der Waals surface area (Å²) in [5.41, 5.74) is -0.342. The van der Waals surface area contributed by atoms with Crippen molar-refractivity contribution in [3.8, 4) is 0 Å². The Hall–Kier alpha value is -0.960. The van der Waals surface area contributed by atoms with Gasteiger partial charge in [0.15, 0.2) is 10.8 Å². The molecule has 86 valence electrons. The van der Waals surface area contributed by atoms with Crippen LogP contribution in [-0.2, 0) is 14.4 Å².